The summed E-state index contributed by atoms with van der Waals surface area (Å²) in [5.41, 5.74) is 3.05. The number of nitrogens with zero attached hydrogens (tertiary/aromatic N) is 4. The number of nitriles is 1. The van der Waals surface area contributed by atoms with Gasteiger partial charge in [0.15, 0.2) is 0 Å². The monoisotopic (exact) mass is 272 g/mol. The van der Waals surface area contributed by atoms with Crippen LogP contribution in [-0.4, -0.2) is 39.8 Å². The van der Waals surface area contributed by atoms with Gasteiger partial charge in [-0.25, -0.2) is 4.98 Å². The van der Waals surface area contributed by atoms with Gasteiger partial charge in [0.1, 0.15) is 12.4 Å². The molecule has 5 nitrogen and oxygen atoms in total. The Kier molecular flexibility index (Phi) is 4.38. The minimum atomic E-state index is 0.0446. The van der Waals surface area contributed by atoms with Crippen LogP contribution in [0.2, 0.25) is 0 Å². The van der Waals surface area contributed by atoms with Gasteiger partial charge in [0, 0.05) is 6.54 Å². The lowest BCUT2D eigenvalue weighted by Crippen LogP contribution is -2.27. The highest BCUT2D eigenvalue weighted by Gasteiger charge is 2.19. The van der Waals surface area contributed by atoms with Crippen molar-refractivity contribution in [3.8, 4) is 6.07 Å². The van der Waals surface area contributed by atoms with Gasteiger partial charge in [-0.05, 0) is 38.6 Å². The Hall–Kier alpha value is -1.90. The molecule has 1 aromatic heterocycles. The van der Waals surface area contributed by atoms with E-state index in [2.05, 4.69) is 11.1 Å². The van der Waals surface area contributed by atoms with Crippen LogP contribution < -0.4 is 0 Å². The number of aromatic nitrogens is 2. The highest BCUT2D eigenvalue weighted by molar-refractivity contribution is 5.77. The first-order valence-electron chi connectivity index (χ1n) is 6.73. The largest absolute Gasteiger partial charge is 0.395 e. The summed E-state index contributed by atoms with van der Waals surface area (Å²) in [5, 5.41) is 18.1. The van der Waals surface area contributed by atoms with Gasteiger partial charge in [-0.2, -0.15) is 5.26 Å². The molecule has 0 bridgehead atoms. The van der Waals surface area contributed by atoms with Gasteiger partial charge < -0.3 is 9.67 Å². The van der Waals surface area contributed by atoms with E-state index in [1.165, 1.54) is 0 Å². The van der Waals surface area contributed by atoms with Crippen molar-refractivity contribution in [2.75, 3.05) is 20.2 Å². The first-order valence-corrected chi connectivity index (χ1v) is 6.73. The number of hydrogen-bond acceptors (Lipinski definition) is 4. The van der Waals surface area contributed by atoms with Crippen LogP contribution in [0.4, 0.5) is 0 Å². The van der Waals surface area contributed by atoms with E-state index in [-0.39, 0.29) is 19.2 Å². The van der Waals surface area contributed by atoms with Crippen molar-refractivity contribution in [3.63, 3.8) is 0 Å². The van der Waals surface area contributed by atoms with E-state index in [9.17, 15) is 0 Å². The van der Waals surface area contributed by atoms with Crippen LogP contribution in [0.25, 0.3) is 11.0 Å². The molecule has 1 N–H and O–H groups in total. The van der Waals surface area contributed by atoms with E-state index in [4.69, 9.17) is 10.4 Å². The summed E-state index contributed by atoms with van der Waals surface area (Å²) >= 11 is 0. The summed E-state index contributed by atoms with van der Waals surface area (Å²) < 4.78 is 1.95. The standard InChI is InChI=1S/C15H20N4O/c1-11-4-5-14-13(10-11)17-15(19(14)7-6-16)12(2)18(3)8-9-20/h4-5,10,12,20H,7-9H2,1-3H3. The summed E-state index contributed by atoms with van der Waals surface area (Å²) in [6.45, 7) is 5.04. The number of aryl methyl sites for hydroxylation is 1. The van der Waals surface area contributed by atoms with Crippen LogP contribution >= 0.6 is 0 Å². The minimum Gasteiger partial charge on any atom is -0.395 e. The maximum absolute atomic E-state index is 9.06. The van der Waals surface area contributed by atoms with Crippen molar-refractivity contribution >= 4 is 11.0 Å². The predicted octanol–water partition coefficient (Wildman–Crippen LogP) is 1.85. The fourth-order valence-electron chi connectivity index (χ4n) is 2.36. The lowest BCUT2D eigenvalue weighted by molar-refractivity contribution is 0.183. The average Bonchev–Trinajstić information content (AvgIpc) is 2.76. The zero-order chi connectivity index (χ0) is 14.7. The van der Waals surface area contributed by atoms with Gasteiger partial charge >= 0.3 is 0 Å². The molecule has 20 heavy (non-hydrogen) atoms. The van der Waals surface area contributed by atoms with E-state index in [0.717, 1.165) is 22.4 Å². The van der Waals surface area contributed by atoms with Gasteiger partial charge in [0.2, 0.25) is 0 Å². The van der Waals surface area contributed by atoms with Gasteiger partial charge in [-0.1, -0.05) is 6.07 Å². The van der Waals surface area contributed by atoms with Gasteiger partial charge in [0.05, 0.1) is 29.8 Å². The molecule has 0 aliphatic rings. The topological polar surface area (TPSA) is 65.1 Å². The highest BCUT2D eigenvalue weighted by Crippen LogP contribution is 2.24. The number of rotatable bonds is 5. The second-order valence-electron chi connectivity index (χ2n) is 5.09. The fourth-order valence-corrected chi connectivity index (χ4v) is 2.36. The number of imidazole rings is 1. The van der Waals surface area contributed by atoms with Crippen molar-refractivity contribution in [1.29, 1.82) is 5.26 Å². The van der Waals surface area contributed by atoms with Crippen LogP contribution in [-0.2, 0) is 6.54 Å². The van der Waals surface area contributed by atoms with E-state index >= 15 is 0 Å². The molecule has 1 unspecified atom stereocenters. The number of likely N-dealkylation sites (N-methyl/N-ethyl adjacent to an activating group) is 1. The number of hydrogen-bond donors (Lipinski definition) is 1. The Morgan fingerprint density at radius 2 is 2.25 bits per heavy atom. The molecule has 0 aliphatic carbocycles. The van der Waals surface area contributed by atoms with E-state index < -0.39 is 0 Å². The van der Waals surface area contributed by atoms with E-state index in [1.54, 1.807) is 0 Å². The Balaban J connectivity index is 2.51. The van der Waals surface area contributed by atoms with Crippen molar-refractivity contribution in [2.24, 2.45) is 0 Å². The van der Waals surface area contributed by atoms with Crippen LogP contribution in [0, 0.1) is 18.3 Å². The number of benzene rings is 1. The fraction of sp³-hybridized carbons (Fsp3) is 0.467. The Morgan fingerprint density at radius 1 is 1.50 bits per heavy atom. The number of aliphatic hydroxyl groups is 1. The summed E-state index contributed by atoms with van der Waals surface area (Å²) in [4.78, 5) is 6.71. The third kappa shape index (κ3) is 2.67. The maximum Gasteiger partial charge on any atom is 0.127 e. The molecule has 5 heteroatoms. The molecule has 106 valence electrons. The highest BCUT2D eigenvalue weighted by atomic mass is 16.3. The van der Waals surface area contributed by atoms with Crippen LogP contribution in [0.5, 0.6) is 0 Å². The number of aliphatic hydroxyl groups excluding tert-OH is 1. The summed E-state index contributed by atoms with van der Waals surface area (Å²) in [6.07, 6.45) is 0. The van der Waals surface area contributed by atoms with E-state index in [1.807, 2.05) is 48.6 Å². The second-order valence-corrected chi connectivity index (χ2v) is 5.09. The SMILES string of the molecule is Cc1ccc2c(c1)nc(C(C)N(C)CCO)n2CC#N. The molecule has 1 heterocycles. The smallest absolute Gasteiger partial charge is 0.127 e. The summed E-state index contributed by atoms with van der Waals surface area (Å²) in [6, 6.07) is 8.32. The molecular formula is C15H20N4O. The predicted molar refractivity (Wildman–Crippen MR) is 78.2 cm³/mol. The molecule has 0 amide bonds. The summed E-state index contributed by atoms with van der Waals surface area (Å²) in [5.74, 6) is 0.864. The van der Waals surface area contributed by atoms with Crippen LogP contribution in [0.15, 0.2) is 18.2 Å². The molecular weight excluding hydrogens is 252 g/mol. The van der Waals surface area contributed by atoms with E-state index in [0.29, 0.717) is 6.54 Å². The Morgan fingerprint density at radius 3 is 2.90 bits per heavy atom. The first-order chi connectivity index (χ1) is 9.58. The molecule has 0 saturated heterocycles. The molecule has 2 aromatic rings. The molecule has 0 radical (unpaired) electrons. The lowest BCUT2D eigenvalue weighted by Gasteiger charge is -2.23. The third-order valence-corrected chi connectivity index (χ3v) is 3.65. The summed E-state index contributed by atoms with van der Waals surface area (Å²) in [7, 11) is 1.95. The minimum absolute atomic E-state index is 0.0446. The molecule has 0 aliphatic heterocycles. The van der Waals surface area contributed by atoms with Crippen molar-refractivity contribution in [1.82, 2.24) is 14.5 Å². The van der Waals surface area contributed by atoms with Gasteiger partial charge in [0.25, 0.3) is 0 Å². The van der Waals surface area contributed by atoms with Crippen molar-refractivity contribution < 1.29 is 5.11 Å². The van der Waals surface area contributed by atoms with Gasteiger partial charge in [-0.3, -0.25) is 4.90 Å². The quantitative estimate of drug-likeness (QED) is 0.902. The molecule has 0 saturated carbocycles. The Bertz CT molecular complexity index is 641. The lowest BCUT2D eigenvalue weighted by atomic mass is 10.2. The van der Waals surface area contributed by atoms with Crippen LogP contribution in [0.1, 0.15) is 24.4 Å². The molecule has 1 aromatic carbocycles. The third-order valence-electron chi connectivity index (χ3n) is 3.65. The maximum atomic E-state index is 9.06. The molecule has 0 spiro atoms. The van der Waals surface area contributed by atoms with Crippen molar-refractivity contribution in [2.45, 2.75) is 26.4 Å². The molecule has 0 fully saturated rings. The zero-order valence-corrected chi connectivity index (χ0v) is 12.2. The molecule has 1 atom stereocenters. The van der Waals surface area contributed by atoms with Crippen LogP contribution in [0.3, 0.4) is 0 Å². The average molecular weight is 272 g/mol. The Labute approximate surface area is 119 Å². The zero-order valence-electron chi connectivity index (χ0n) is 12.2. The second kappa shape index (κ2) is 6.04. The van der Waals surface area contributed by atoms with Crippen molar-refractivity contribution in [3.05, 3.63) is 29.6 Å². The number of fused-ring (bicyclic) bond motifs is 1. The molecule has 2 rings (SSSR count). The first kappa shape index (κ1) is 14.5. The van der Waals surface area contributed by atoms with Gasteiger partial charge in [-0.15, -0.1) is 0 Å². The normalized spacial score (nSPS) is 12.8.